The quantitative estimate of drug-likeness (QED) is 0.850. The predicted molar refractivity (Wildman–Crippen MR) is 64.2 cm³/mol. The van der Waals surface area contributed by atoms with E-state index in [4.69, 9.17) is 0 Å². The Kier molecular flexibility index (Phi) is 2.18. The lowest BCUT2D eigenvalue weighted by molar-refractivity contribution is 0.211. The summed E-state index contributed by atoms with van der Waals surface area (Å²) < 4.78 is 0. The first-order valence-electron chi connectivity index (χ1n) is 5.76. The number of pyridine rings is 1. The van der Waals surface area contributed by atoms with Crippen molar-refractivity contribution >= 4 is 10.9 Å². The van der Waals surface area contributed by atoms with E-state index in [-0.39, 0.29) is 5.41 Å². The Balaban J connectivity index is 1.93. The van der Waals surface area contributed by atoms with Gasteiger partial charge < -0.3 is 5.11 Å². The van der Waals surface area contributed by atoms with Crippen LogP contribution < -0.4 is 0 Å². The second-order valence-corrected chi connectivity index (χ2v) is 4.87. The lowest BCUT2D eigenvalue weighted by atomic mass is 9.96. The van der Waals surface area contributed by atoms with E-state index in [2.05, 4.69) is 29.2 Å². The summed E-state index contributed by atoms with van der Waals surface area (Å²) in [6.07, 6.45) is 5.12. The average Bonchev–Trinajstić information content (AvgIpc) is 3.09. The Labute approximate surface area is 94.9 Å². The molecule has 16 heavy (non-hydrogen) atoms. The average molecular weight is 213 g/mol. The molecule has 1 aliphatic rings. The van der Waals surface area contributed by atoms with Crippen molar-refractivity contribution in [2.75, 3.05) is 6.61 Å². The Bertz CT molecular complexity index is 517. The van der Waals surface area contributed by atoms with Gasteiger partial charge in [0, 0.05) is 18.2 Å². The Morgan fingerprint density at radius 3 is 2.88 bits per heavy atom. The van der Waals surface area contributed by atoms with E-state index in [1.807, 2.05) is 12.3 Å². The number of hydrogen-bond acceptors (Lipinski definition) is 2. The third kappa shape index (κ3) is 1.69. The third-order valence-electron chi connectivity index (χ3n) is 3.54. The van der Waals surface area contributed by atoms with Crippen LogP contribution in [0.1, 0.15) is 18.4 Å². The molecule has 2 heteroatoms. The minimum absolute atomic E-state index is 0.183. The van der Waals surface area contributed by atoms with Gasteiger partial charge in [0.25, 0.3) is 0 Å². The molecule has 1 heterocycles. The number of rotatable bonds is 3. The van der Waals surface area contributed by atoms with Gasteiger partial charge in [-0.15, -0.1) is 0 Å². The molecule has 1 aromatic carbocycles. The summed E-state index contributed by atoms with van der Waals surface area (Å²) in [5, 5.41) is 10.5. The number of aliphatic hydroxyl groups is 1. The summed E-state index contributed by atoms with van der Waals surface area (Å²) in [5.41, 5.74) is 2.52. The van der Waals surface area contributed by atoms with Crippen LogP contribution in [-0.4, -0.2) is 16.7 Å². The molecule has 82 valence electrons. The van der Waals surface area contributed by atoms with Crippen LogP contribution in [0.25, 0.3) is 10.9 Å². The van der Waals surface area contributed by atoms with Crippen LogP contribution in [0.2, 0.25) is 0 Å². The zero-order chi connectivity index (χ0) is 11.0. The molecule has 3 rings (SSSR count). The molecule has 0 atom stereocenters. The van der Waals surface area contributed by atoms with Crippen molar-refractivity contribution in [3.05, 3.63) is 42.1 Å². The molecule has 0 radical (unpaired) electrons. The molecular weight excluding hydrogens is 198 g/mol. The molecular formula is C14H15NO. The summed E-state index contributed by atoms with van der Waals surface area (Å²) in [6, 6.07) is 10.4. The fraction of sp³-hybridized carbons (Fsp3) is 0.357. The smallest absolute Gasteiger partial charge is 0.0704 e. The molecule has 1 aromatic heterocycles. The van der Waals surface area contributed by atoms with E-state index in [0.717, 1.165) is 24.8 Å². The van der Waals surface area contributed by atoms with Gasteiger partial charge in [-0.3, -0.25) is 4.98 Å². The second-order valence-electron chi connectivity index (χ2n) is 4.87. The maximum Gasteiger partial charge on any atom is 0.0704 e. The van der Waals surface area contributed by atoms with E-state index in [1.165, 1.54) is 10.9 Å². The van der Waals surface area contributed by atoms with Crippen molar-refractivity contribution in [1.29, 1.82) is 0 Å². The van der Waals surface area contributed by atoms with Crippen LogP contribution in [0.4, 0.5) is 0 Å². The van der Waals surface area contributed by atoms with Gasteiger partial charge in [-0.2, -0.15) is 0 Å². The summed E-state index contributed by atoms with van der Waals surface area (Å²) in [6.45, 7) is 0.313. The molecule has 2 aromatic rings. The molecule has 1 fully saturated rings. The van der Waals surface area contributed by atoms with Gasteiger partial charge in [-0.25, -0.2) is 0 Å². The SMILES string of the molecule is OCC1(Cc2ccc3cccnc3c2)CC1. The van der Waals surface area contributed by atoms with Crippen LogP contribution in [0.3, 0.4) is 0 Å². The van der Waals surface area contributed by atoms with E-state index in [1.54, 1.807) is 0 Å². The van der Waals surface area contributed by atoms with E-state index >= 15 is 0 Å². The minimum Gasteiger partial charge on any atom is -0.396 e. The normalized spacial score (nSPS) is 17.6. The molecule has 1 N–H and O–H groups in total. The van der Waals surface area contributed by atoms with Crippen molar-refractivity contribution in [2.45, 2.75) is 19.3 Å². The molecule has 0 bridgehead atoms. The number of hydrogen-bond donors (Lipinski definition) is 1. The Morgan fingerprint density at radius 1 is 1.25 bits per heavy atom. The molecule has 1 aliphatic carbocycles. The van der Waals surface area contributed by atoms with Crippen LogP contribution in [0.5, 0.6) is 0 Å². The molecule has 2 nitrogen and oxygen atoms in total. The van der Waals surface area contributed by atoms with Crippen molar-refractivity contribution in [1.82, 2.24) is 4.98 Å². The Hall–Kier alpha value is -1.41. The lowest BCUT2D eigenvalue weighted by Gasteiger charge is -2.11. The minimum atomic E-state index is 0.183. The topological polar surface area (TPSA) is 33.1 Å². The maximum absolute atomic E-state index is 9.32. The predicted octanol–water partition coefficient (Wildman–Crippen LogP) is 2.55. The first-order valence-corrected chi connectivity index (χ1v) is 5.76. The van der Waals surface area contributed by atoms with Gasteiger partial charge in [0.1, 0.15) is 0 Å². The van der Waals surface area contributed by atoms with Crippen molar-refractivity contribution < 1.29 is 5.11 Å². The van der Waals surface area contributed by atoms with Crippen molar-refractivity contribution in [3.8, 4) is 0 Å². The second kappa shape index (κ2) is 3.56. The van der Waals surface area contributed by atoms with Gasteiger partial charge in [0.2, 0.25) is 0 Å². The summed E-state index contributed by atoms with van der Waals surface area (Å²) >= 11 is 0. The lowest BCUT2D eigenvalue weighted by Crippen LogP contribution is -2.09. The van der Waals surface area contributed by atoms with E-state index in [9.17, 15) is 5.11 Å². The van der Waals surface area contributed by atoms with Crippen LogP contribution in [-0.2, 0) is 6.42 Å². The summed E-state index contributed by atoms with van der Waals surface area (Å²) in [4.78, 5) is 4.36. The van der Waals surface area contributed by atoms with Gasteiger partial charge in [-0.1, -0.05) is 18.2 Å². The van der Waals surface area contributed by atoms with Crippen molar-refractivity contribution in [2.24, 2.45) is 5.41 Å². The zero-order valence-electron chi connectivity index (χ0n) is 9.19. The highest BCUT2D eigenvalue weighted by atomic mass is 16.3. The van der Waals surface area contributed by atoms with Crippen molar-refractivity contribution in [3.63, 3.8) is 0 Å². The number of nitrogens with zero attached hydrogens (tertiary/aromatic N) is 1. The number of benzene rings is 1. The van der Waals surface area contributed by atoms with Gasteiger partial charge in [0.05, 0.1) is 5.52 Å². The van der Waals surface area contributed by atoms with Gasteiger partial charge in [0.15, 0.2) is 0 Å². The molecule has 0 unspecified atom stereocenters. The first kappa shape index (κ1) is 9.79. The first-order chi connectivity index (χ1) is 7.81. The summed E-state index contributed by atoms with van der Waals surface area (Å²) in [7, 11) is 0. The fourth-order valence-electron chi connectivity index (χ4n) is 2.22. The third-order valence-corrected chi connectivity index (χ3v) is 3.54. The summed E-state index contributed by atoms with van der Waals surface area (Å²) in [5.74, 6) is 0. The van der Waals surface area contributed by atoms with Crippen LogP contribution >= 0.6 is 0 Å². The van der Waals surface area contributed by atoms with E-state index < -0.39 is 0 Å². The number of aliphatic hydroxyl groups excluding tert-OH is 1. The molecule has 0 saturated heterocycles. The zero-order valence-corrected chi connectivity index (χ0v) is 9.19. The number of fused-ring (bicyclic) bond motifs is 1. The monoisotopic (exact) mass is 213 g/mol. The maximum atomic E-state index is 9.32. The Morgan fingerprint density at radius 2 is 2.12 bits per heavy atom. The van der Waals surface area contributed by atoms with Gasteiger partial charge >= 0.3 is 0 Å². The van der Waals surface area contributed by atoms with Gasteiger partial charge in [-0.05, 0) is 42.4 Å². The molecule has 0 aliphatic heterocycles. The fourth-order valence-corrected chi connectivity index (χ4v) is 2.22. The van der Waals surface area contributed by atoms with Crippen LogP contribution in [0, 0.1) is 5.41 Å². The highest BCUT2D eigenvalue weighted by molar-refractivity contribution is 5.78. The highest BCUT2D eigenvalue weighted by Crippen LogP contribution is 2.47. The number of aromatic nitrogens is 1. The molecule has 1 saturated carbocycles. The van der Waals surface area contributed by atoms with Crippen LogP contribution in [0.15, 0.2) is 36.5 Å². The van der Waals surface area contributed by atoms with E-state index in [0.29, 0.717) is 6.61 Å². The standard InChI is InChI=1S/C14H15NO/c16-10-14(5-6-14)9-11-3-4-12-2-1-7-15-13(12)8-11/h1-4,7-8,16H,5-6,9-10H2. The molecule has 0 spiro atoms. The highest BCUT2D eigenvalue weighted by Gasteiger charge is 2.41. The largest absolute Gasteiger partial charge is 0.396 e. The molecule has 0 amide bonds.